The van der Waals surface area contributed by atoms with Gasteiger partial charge in [0.1, 0.15) is 0 Å². The summed E-state index contributed by atoms with van der Waals surface area (Å²) in [5.41, 5.74) is 8.36. The standard InChI is InChI=1S/C26H32ClN3O2/c27-24-15-12-22(29-25(31)18-6-4-5-7-18)16-20(24)17-30(23-13-10-21(28)11-14-23)26(32)19-8-2-1-3-9-19/h1-3,8-9,12,15-16,18,21,23H,4-7,10-11,13-14,17,28H2,(H,29,31). The molecular weight excluding hydrogens is 422 g/mol. The van der Waals surface area contributed by atoms with Crippen LogP contribution in [-0.2, 0) is 11.3 Å². The normalized spacial score (nSPS) is 21.3. The Morgan fingerprint density at radius 1 is 0.969 bits per heavy atom. The number of nitrogens with one attached hydrogen (secondary N) is 1. The first-order valence-electron chi connectivity index (χ1n) is 11.7. The average molecular weight is 454 g/mol. The van der Waals surface area contributed by atoms with Gasteiger partial charge >= 0.3 is 0 Å². The lowest BCUT2D eigenvalue weighted by Gasteiger charge is -2.36. The number of nitrogens with zero attached hydrogens (tertiary/aromatic N) is 1. The molecule has 2 aliphatic rings. The van der Waals surface area contributed by atoms with Crippen molar-refractivity contribution in [3.8, 4) is 0 Å². The van der Waals surface area contributed by atoms with E-state index in [0.717, 1.165) is 62.6 Å². The number of hydrogen-bond donors (Lipinski definition) is 2. The number of amides is 2. The van der Waals surface area contributed by atoms with Gasteiger partial charge in [-0.25, -0.2) is 0 Å². The number of halogens is 1. The zero-order chi connectivity index (χ0) is 22.5. The lowest BCUT2D eigenvalue weighted by molar-refractivity contribution is -0.119. The van der Waals surface area contributed by atoms with Crippen LogP contribution in [0.25, 0.3) is 0 Å². The fourth-order valence-corrected chi connectivity index (χ4v) is 5.09. The number of anilines is 1. The first kappa shape index (κ1) is 22.8. The molecule has 32 heavy (non-hydrogen) atoms. The van der Waals surface area contributed by atoms with E-state index in [-0.39, 0.29) is 29.8 Å². The summed E-state index contributed by atoms with van der Waals surface area (Å²) >= 11 is 6.55. The van der Waals surface area contributed by atoms with Crippen molar-refractivity contribution in [2.75, 3.05) is 5.32 Å². The molecule has 2 saturated carbocycles. The van der Waals surface area contributed by atoms with E-state index in [1.54, 1.807) is 0 Å². The zero-order valence-electron chi connectivity index (χ0n) is 18.4. The summed E-state index contributed by atoms with van der Waals surface area (Å²) < 4.78 is 0. The highest BCUT2D eigenvalue weighted by Gasteiger charge is 2.29. The van der Waals surface area contributed by atoms with Crippen LogP contribution in [0, 0.1) is 5.92 Å². The lowest BCUT2D eigenvalue weighted by Crippen LogP contribution is -2.43. The minimum absolute atomic E-state index is 0.00234. The highest BCUT2D eigenvalue weighted by Crippen LogP contribution is 2.30. The Balaban J connectivity index is 1.55. The molecule has 2 aromatic carbocycles. The molecule has 0 aliphatic heterocycles. The Morgan fingerprint density at radius 2 is 1.66 bits per heavy atom. The van der Waals surface area contributed by atoms with Gasteiger partial charge in [0.2, 0.25) is 5.91 Å². The van der Waals surface area contributed by atoms with Crippen LogP contribution < -0.4 is 11.1 Å². The smallest absolute Gasteiger partial charge is 0.254 e. The maximum Gasteiger partial charge on any atom is 0.254 e. The highest BCUT2D eigenvalue weighted by atomic mass is 35.5. The SMILES string of the molecule is NC1CCC(N(Cc2cc(NC(=O)C3CCCC3)ccc2Cl)C(=O)c2ccccc2)CC1. The molecule has 2 aliphatic carbocycles. The molecule has 3 N–H and O–H groups in total. The van der Waals surface area contributed by atoms with Crippen molar-refractivity contribution < 1.29 is 9.59 Å². The Bertz CT molecular complexity index is 935. The average Bonchev–Trinajstić information content (AvgIpc) is 3.35. The van der Waals surface area contributed by atoms with E-state index in [4.69, 9.17) is 17.3 Å². The summed E-state index contributed by atoms with van der Waals surface area (Å²) in [6.45, 7) is 0.402. The van der Waals surface area contributed by atoms with Gasteiger partial charge in [0.15, 0.2) is 0 Å². The number of rotatable bonds is 6. The maximum absolute atomic E-state index is 13.5. The molecule has 0 spiro atoms. The molecule has 170 valence electrons. The van der Waals surface area contributed by atoms with Crippen LogP contribution in [0.2, 0.25) is 5.02 Å². The third kappa shape index (κ3) is 5.51. The second-order valence-corrected chi connectivity index (χ2v) is 9.55. The van der Waals surface area contributed by atoms with E-state index < -0.39 is 0 Å². The number of benzene rings is 2. The number of carbonyl (C=O) groups excluding carboxylic acids is 2. The molecule has 2 aromatic rings. The first-order chi connectivity index (χ1) is 15.5. The summed E-state index contributed by atoms with van der Waals surface area (Å²) in [7, 11) is 0. The van der Waals surface area contributed by atoms with E-state index >= 15 is 0 Å². The summed E-state index contributed by atoms with van der Waals surface area (Å²) in [6.07, 6.45) is 7.73. The van der Waals surface area contributed by atoms with Crippen LogP contribution in [0.1, 0.15) is 67.3 Å². The van der Waals surface area contributed by atoms with Crippen LogP contribution in [0.4, 0.5) is 5.69 Å². The van der Waals surface area contributed by atoms with Gasteiger partial charge in [0, 0.05) is 40.8 Å². The van der Waals surface area contributed by atoms with Crippen molar-refractivity contribution in [1.82, 2.24) is 4.90 Å². The summed E-state index contributed by atoms with van der Waals surface area (Å²) in [5.74, 6) is 0.175. The summed E-state index contributed by atoms with van der Waals surface area (Å²) in [6, 6.07) is 15.3. The molecule has 0 bridgehead atoms. The van der Waals surface area contributed by atoms with Gasteiger partial charge in [-0.3, -0.25) is 9.59 Å². The first-order valence-corrected chi connectivity index (χ1v) is 12.1. The Labute approximate surface area is 195 Å². The quantitative estimate of drug-likeness (QED) is 0.616. The molecular formula is C26H32ClN3O2. The zero-order valence-corrected chi connectivity index (χ0v) is 19.2. The molecule has 2 fully saturated rings. The summed E-state index contributed by atoms with van der Waals surface area (Å²) in [4.78, 5) is 28.0. The van der Waals surface area contributed by atoms with Gasteiger partial charge in [-0.05, 0) is 74.4 Å². The van der Waals surface area contributed by atoms with E-state index in [1.807, 2.05) is 53.4 Å². The minimum Gasteiger partial charge on any atom is -0.331 e. The Kier molecular flexibility index (Phi) is 7.48. The molecule has 6 heteroatoms. The molecule has 0 unspecified atom stereocenters. The van der Waals surface area contributed by atoms with Crippen molar-refractivity contribution in [2.24, 2.45) is 11.7 Å². The minimum atomic E-state index is 0.00234. The van der Waals surface area contributed by atoms with Crippen molar-refractivity contribution >= 4 is 29.1 Å². The molecule has 0 saturated heterocycles. The van der Waals surface area contributed by atoms with E-state index in [9.17, 15) is 9.59 Å². The second kappa shape index (κ2) is 10.5. The van der Waals surface area contributed by atoms with Gasteiger partial charge in [0.25, 0.3) is 5.91 Å². The largest absolute Gasteiger partial charge is 0.331 e. The second-order valence-electron chi connectivity index (χ2n) is 9.14. The van der Waals surface area contributed by atoms with Gasteiger partial charge in [-0.2, -0.15) is 0 Å². The fraction of sp³-hybridized carbons (Fsp3) is 0.462. The van der Waals surface area contributed by atoms with Crippen LogP contribution in [-0.4, -0.2) is 28.8 Å². The topological polar surface area (TPSA) is 75.4 Å². The monoisotopic (exact) mass is 453 g/mol. The predicted molar refractivity (Wildman–Crippen MR) is 129 cm³/mol. The Morgan fingerprint density at radius 3 is 2.34 bits per heavy atom. The van der Waals surface area contributed by atoms with E-state index in [1.165, 1.54) is 0 Å². The van der Waals surface area contributed by atoms with Crippen LogP contribution in [0.5, 0.6) is 0 Å². The fourth-order valence-electron chi connectivity index (χ4n) is 4.92. The van der Waals surface area contributed by atoms with Crippen molar-refractivity contribution in [3.63, 3.8) is 0 Å². The lowest BCUT2D eigenvalue weighted by atomic mass is 9.90. The number of carbonyl (C=O) groups is 2. The number of nitrogens with two attached hydrogens (primary N) is 1. The van der Waals surface area contributed by atoms with Gasteiger partial charge < -0.3 is 16.0 Å². The van der Waals surface area contributed by atoms with Crippen molar-refractivity contribution in [2.45, 2.75) is 70.0 Å². The molecule has 0 atom stereocenters. The van der Waals surface area contributed by atoms with Gasteiger partial charge in [0.05, 0.1) is 0 Å². The van der Waals surface area contributed by atoms with Crippen LogP contribution in [0.15, 0.2) is 48.5 Å². The van der Waals surface area contributed by atoms with Crippen molar-refractivity contribution in [3.05, 3.63) is 64.7 Å². The van der Waals surface area contributed by atoms with E-state index in [0.29, 0.717) is 17.1 Å². The third-order valence-electron chi connectivity index (χ3n) is 6.84. The van der Waals surface area contributed by atoms with Crippen molar-refractivity contribution in [1.29, 1.82) is 0 Å². The van der Waals surface area contributed by atoms with Gasteiger partial charge in [-0.1, -0.05) is 42.6 Å². The number of hydrogen-bond acceptors (Lipinski definition) is 3. The predicted octanol–water partition coefficient (Wildman–Crippen LogP) is 5.38. The Hall–Kier alpha value is -2.37. The molecule has 5 nitrogen and oxygen atoms in total. The van der Waals surface area contributed by atoms with Gasteiger partial charge in [-0.15, -0.1) is 0 Å². The molecule has 2 amide bonds. The highest BCUT2D eigenvalue weighted by molar-refractivity contribution is 6.31. The third-order valence-corrected chi connectivity index (χ3v) is 7.21. The summed E-state index contributed by atoms with van der Waals surface area (Å²) in [5, 5.41) is 3.65. The molecule has 4 rings (SSSR count). The maximum atomic E-state index is 13.5. The molecule has 0 aromatic heterocycles. The van der Waals surface area contributed by atoms with Crippen LogP contribution in [0.3, 0.4) is 0 Å². The van der Waals surface area contributed by atoms with E-state index in [2.05, 4.69) is 5.32 Å². The molecule has 0 heterocycles. The molecule has 0 radical (unpaired) electrons. The van der Waals surface area contributed by atoms with Crippen LogP contribution >= 0.6 is 11.6 Å².